The molecule has 0 amide bonds. The second-order valence-corrected chi connectivity index (χ2v) is 6.57. The average Bonchev–Trinajstić information content (AvgIpc) is 2.49. The van der Waals surface area contributed by atoms with E-state index in [0.29, 0.717) is 17.3 Å². The van der Waals surface area contributed by atoms with Crippen LogP contribution in [0.1, 0.15) is 37.1 Å². The van der Waals surface area contributed by atoms with Crippen LogP contribution in [-0.4, -0.2) is 4.98 Å². The number of hydrogen-bond donors (Lipinski definition) is 1. The first-order chi connectivity index (χ1) is 10.5. The Labute approximate surface area is 140 Å². The van der Waals surface area contributed by atoms with Crippen molar-refractivity contribution in [1.82, 2.24) is 4.98 Å². The molecule has 4 heteroatoms. The number of halogens is 1. The number of benzene rings is 1. The molecule has 0 aliphatic carbocycles. The van der Waals surface area contributed by atoms with Gasteiger partial charge in [-0.15, -0.1) is 0 Å². The van der Waals surface area contributed by atoms with E-state index in [0.717, 1.165) is 39.7 Å². The largest absolute Gasteiger partial charge is 0.383 e. The van der Waals surface area contributed by atoms with E-state index in [4.69, 9.17) is 5.73 Å². The summed E-state index contributed by atoms with van der Waals surface area (Å²) in [5.41, 5.74) is 10.4. The predicted molar refractivity (Wildman–Crippen MR) is 94.4 cm³/mol. The summed E-state index contributed by atoms with van der Waals surface area (Å²) >= 11 is 3.49. The molecule has 0 saturated heterocycles. The van der Waals surface area contributed by atoms with Crippen LogP contribution in [0.4, 0.5) is 5.82 Å². The van der Waals surface area contributed by atoms with Gasteiger partial charge in [-0.3, -0.25) is 0 Å². The van der Waals surface area contributed by atoms with Crippen LogP contribution >= 0.6 is 15.9 Å². The number of pyridine rings is 1. The molecule has 1 aromatic heterocycles. The van der Waals surface area contributed by atoms with Crippen molar-refractivity contribution in [2.24, 2.45) is 5.92 Å². The van der Waals surface area contributed by atoms with Gasteiger partial charge in [0.05, 0.1) is 0 Å². The van der Waals surface area contributed by atoms with Crippen molar-refractivity contribution in [3.8, 4) is 17.2 Å². The lowest BCUT2D eigenvalue weighted by atomic mass is 9.91. The van der Waals surface area contributed by atoms with Gasteiger partial charge in [0.15, 0.2) is 0 Å². The monoisotopic (exact) mass is 357 g/mol. The Morgan fingerprint density at radius 1 is 1.41 bits per heavy atom. The lowest BCUT2D eigenvalue weighted by molar-refractivity contribution is 0.551. The lowest BCUT2D eigenvalue weighted by Gasteiger charge is -2.17. The zero-order valence-corrected chi connectivity index (χ0v) is 14.7. The molecule has 0 spiro atoms. The summed E-state index contributed by atoms with van der Waals surface area (Å²) in [4.78, 5) is 4.48. The molecule has 1 atom stereocenters. The Morgan fingerprint density at radius 3 is 2.73 bits per heavy atom. The Bertz CT molecular complexity index is 732. The maximum absolute atomic E-state index is 9.49. The summed E-state index contributed by atoms with van der Waals surface area (Å²) < 4.78 is 0.979. The molecule has 0 saturated carbocycles. The van der Waals surface area contributed by atoms with Gasteiger partial charge in [-0.25, -0.2) is 4.98 Å². The number of aromatic nitrogens is 1. The quantitative estimate of drug-likeness (QED) is 0.849. The van der Waals surface area contributed by atoms with Gasteiger partial charge in [0.25, 0.3) is 0 Å². The third-order valence-electron chi connectivity index (χ3n) is 4.03. The van der Waals surface area contributed by atoms with Crippen molar-refractivity contribution in [2.45, 2.75) is 33.6 Å². The Morgan fingerprint density at radius 2 is 2.14 bits per heavy atom. The fourth-order valence-corrected chi connectivity index (χ4v) is 2.94. The van der Waals surface area contributed by atoms with Crippen molar-refractivity contribution in [3.05, 3.63) is 45.6 Å². The number of rotatable bonds is 4. The number of nitriles is 1. The van der Waals surface area contributed by atoms with Gasteiger partial charge >= 0.3 is 0 Å². The third-order valence-corrected chi connectivity index (χ3v) is 4.53. The molecule has 2 rings (SSSR count). The van der Waals surface area contributed by atoms with Gasteiger partial charge in [0, 0.05) is 15.7 Å². The van der Waals surface area contributed by atoms with Gasteiger partial charge in [-0.2, -0.15) is 5.26 Å². The first-order valence-corrected chi connectivity index (χ1v) is 8.22. The van der Waals surface area contributed by atoms with Crippen LogP contribution in [0.25, 0.3) is 11.1 Å². The molecule has 3 nitrogen and oxygen atoms in total. The SMILES string of the molecule is CC[C@@H](C)Cc1nc(N)c(C#N)c(-c2cccc(Br)c2)c1C. The zero-order chi connectivity index (χ0) is 16.3. The first-order valence-electron chi connectivity index (χ1n) is 7.42. The minimum absolute atomic E-state index is 0.321. The Hall–Kier alpha value is -1.86. The molecule has 1 heterocycles. The van der Waals surface area contributed by atoms with Crippen LogP contribution in [0.5, 0.6) is 0 Å². The smallest absolute Gasteiger partial charge is 0.142 e. The van der Waals surface area contributed by atoms with Crippen molar-refractivity contribution >= 4 is 21.7 Å². The summed E-state index contributed by atoms with van der Waals surface area (Å²) in [6, 6.07) is 10.2. The van der Waals surface area contributed by atoms with Gasteiger partial charge < -0.3 is 5.73 Å². The highest BCUT2D eigenvalue weighted by atomic mass is 79.9. The van der Waals surface area contributed by atoms with Gasteiger partial charge in [-0.1, -0.05) is 48.3 Å². The van der Waals surface area contributed by atoms with Crippen molar-refractivity contribution in [3.63, 3.8) is 0 Å². The summed E-state index contributed by atoms with van der Waals surface area (Å²) in [7, 11) is 0. The molecule has 1 aromatic carbocycles. The van der Waals surface area contributed by atoms with Gasteiger partial charge in [0.1, 0.15) is 17.5 Å². The molecule has 0 radical (unpaired) electrons. The summed E-state index contributed by atoms with van der Waals surface area (Å²) in [6.45, 7) is 6.40. The highest BCUT2D eigenvalue weighted by Gasteiger charge is 2.18. The van der Waals surface area contributed by atoms with Crippen LogP contribution in [0.15, 0.2) is 28.7 Å². The molecule has 0 aliphatic heterocycles. The number of nitrogen functional groups attached to an aromatic ring is 1. The highest BCUT2D eigenvalue weighted by molar-refractivity contribution is 9.10. The second kappa shape index (κ2) is 6.93. The van der Waals surface area contributed by atoms with Crippen LogP contribution in [-0.2, 0) is 6.42 Å². The maximum Gasteiger partial charge on any atom is 0.142 e. The molecule has 0 unspecified atom stereocenters. The van der Waals surface area contributed by atoms with E-state index in [9.17, 15) is 5.26 Å². The fraction of sp³-hybridized carbons (Fsp3) is 0.333. The summed E-state index contributed by atoms with van der Waals surface area (Å²) in [6.07, 6.45) is 1.96. The van der Waals surface area contributed by atoms with E-state index < -0.39 is 0 Å². The van der Waals surface area contributed by atoms with Crippen molar-refractivity contribution in [1.29, 1.82) is 5.26 Å². The summed E-state index contributed by atoms with van der Waals surface area (Å²) in [5, 5.41) is 9.49. The normalized spacial score (nSPS) is 12.0. The third kappa shape index (κ3) is 3.31. The fourth-order valence-electron chi connectivity index (χ4n) is 2.54. The Balaban J connectivity index is 2.67. The van der Waals surface area contributed by atoms with Crippen molar-refractivity contribution < 1.29 is 0 Å². The highest BCUT2D eigenvalue weighted by Crippen LogP contribution is 2.33. The van der Waals surface area contributed by atoms with E-state index in [2.05, 4.69) is 40.8 Å². The molecular weight excluding hydrogens is 338 g/mol. The second-order valence-electron chi connectivity index (χ2n) is 5.66. The number of hydrogen-bond acceptors (Lipinski definition) is 3. The Kier molecular flexibility index (Phi) is 5.20. The zero-order valence-electron chi connectivity index (χ0n) is 13.2. The number of nitrogens with two attached hydrogens (primary N) is 1. The van der Waals surface area contributed by atoms with E-state index in [1.165, 1.54) is 0 Å². The molecule has 2 N–H and O–H groups in total. The lowest BCUT2D eigenvalue weighted by Crippen LogP contribution is -2.09. The van der Waals surface area contributed by atoms with Gasteiger partial charge in [0.2, 0.25) is 0 Å². The molecule has 2 aromatic rings. The average molecular weight is 358 g/mol. The molecular formula is C18H20BrN3. The van der Waals surface area contributed by atoms with Crippen LogP contribution < -0.4 is 5.73 Å². The van der Waals surface area contributed by atoms with Gasteiger partial charge in [-0.05, 0) is 42.5 Å². The first kappa shape index (κ1) is 16.5. The minimum atomic E-state index is 0.321. The van der Waals surface area contributed by atoms with E-state index in [1.807, 2.05) is 31.2 Å². The molecule has 0 aliphatic rings. The van der Waals surface area contributed by atoms with Crippen LogP contribution in [0.3, 0.4) is 0 Å². The standard InChI is InChI=1S/C18H20BrN3/c1-4-11(2)8-16-12(3)17(15(10-20)18(21)22-16)13-6-5-7-14(19)9-13/h5-7,9,11H,4,8H2,1-3H3,(H2,21,22)/t11-/m1/s1. The van der Waals surface area contributed by atoms with E-state index in [1.54, 1.807) is 0 Å². The summed E-state index contributed by atoms with van der Waals surface area (Å²) in [5.74, 6) is 0.857. The van der Waals surface area contributed by atoms with Crippen LogP contribution in [0, 0.1) is 24.2 Å². The van der Waals surface area contributed by atoms with Crippen molar-refractivity contribution in [2.75, 3.05) is 5.73 Å². The molecule has 114 valence electrons. The van der Waals surface area contributed by atoms with E-state index >= 15 is 0 Å². The maximum atomic E-state index is 9.49. The predicted octanol–water partition coefficient (Wildman–Crippen LogP) is 4.86. The van der Waals surface area contributed by atoms with E-state index in [-0.39, 0.29) is 0 Å². The van der Waals surface area contributed by atoms with Crippen LogP contribution in [0.2, 0.25) is 0 Å². The molecule has 0 bridgehead atoms. The molecule has 22 heavy (non-hydrogen) atoms. The number of anilines is 1. The molecule has 0 fully saturated rings. The minimum Gasteiger partial charge on any atom is -0.383 e. The topological polar surface area (TPSA) is 62.7 Å². The number of nitrogens with zero attached hydrogens (tertiary/aromatic N) is 2.